The lowest BCUT2D eigenvalue weighted by atomic mass is 9.95. The van der Waals surface area contributed by atoms with Crippen LogP contribution in [0.1, 0.15) is 30.8 Å². The minimum atomic E-state index is -0.244. The van der Waals surface area contributed by atoms with Crippen LogP contribution in [0.5, 0.6) is 0 Å². The van der Waals surface area contributed by atoms with Crippen LogP contribution in [0.4, 0.5) is 0 Å². The maximum Gasteiger partial charge on any atom is 0.258 e. The number of methoxy groups -OCH3 is 1. The normalized spacial score (nSPS) is 16.8. The first-order chi connectivity index (χ1) is 14.6. The van der Waals surface area contributed by atoms with Gasteiger partial charge in [0, 0.05) is 31.0 Å². The first-order valence-corrected chi connectivity index (χ1v) is 11.2. The molecule has 0 saturated heterocycles. The summed E-state index contributed by atoms with van der Waals surface area (Å²) in [7, 11) is 1.70. The third-order valence-corrected chi connectivity index (χ3v) is 6.35. The summed E-state index contributed by atoms with van der Waals surface area (Å²) in [6, 6.07) is 11.4. The Morgan fingerprint density at radius 2 is 2.20 bits per heavy atom. The fourth-order valence-corrected chi connectivity index (χ4v) is 4.66. The second-order valence-electron chi connectivity index (χ2n) is 6.84. The first-order valence-electron chi connectivity index (χ1n) is 9.49. The van der Waals surface area contributed by atoms with Gasteiger partial charge >= 0.3 is 0 Å². The van der Waals surface area contributed by atoms with Crippen LogP contribution < -0.4 is 5.32 Å². The van der Waals surface area contributed by atoms with E-state index in [0.29, 0.717) is 28.5 Å². The molecule has 0 saturated carbocycles. The van der Waals surface area contributed by atoms with E-state index in [2.05, 4.69) is 20.4 Å². The molecule has 3 heterocycles. The monoisotopic (exact) mass is 460 g/mol. The highest BCUT2D eigenvalue weighted by molar-refractivity contribution is 7.80. The number of benzene rings is 1. The maximum atomic E-state index is 6.26. The Balaban J connectivity index is 1.77. The van der Waals surface area contributed by atoms with Gasteiger partial charge in [0.1, 0.15) is 0 Å². The molecule has 0 radical (unpaired) electrons. The highest BCUT2D eigenvalue weighted by Crippen LogP contribution is 2.38. The van der Waals surface area contributed by atoms with Crippen LogP contribution in [0.25, 0.3) is 16.3 Å². The predicted octanol–water partition coefficient (Wildman–Crippen LogP) is 5.15. The molecule has 3 aromatic rings. The molecule has 0 bridgehead atoms. The largest absolute Gasteiger partial charge is 0.385 e. The van der Waals surface area contributed by atoms with Gasteiger partial charge in [0.15, 0.2) is 5.11 Å². The fraction of sp³-hybridized carbons (Fsp3) is 0.286. The van der Waals surface area contributed by atoms with Crippen molar-refractivity contribution in [1.29, 1.82) is 0 Å². The summed E-state index contributed by atoms with van der Waals surface area (Å²) in [6.45, 7) is 3.41. The molecule has 0 fully saturated rings. The highest BCUT2D eigenvalue weighted by atomic mass is 35.5. The molecule has 4 rings (SSSR count). The van der Waals surface area contributed by atoms with E-state index in [9.17, 15) is 0 Å². The molecule has 0 spiro atoms. The Morgan fingerprint density at radius 3 is 2.93 bits per heavy atom. The van der Waals surface area contributed by atoms with Gasteiger partial charge in [0.05, 0.1) is 16.5 Å². The molecular formula is C21H21ClN4O2S2. The predicted molar refractivity (Wildman–Crippen MR) is 123 cm³/mol. The van der Waals surface area contributed by atoms with E-state index in [4.69, 9.17) is 33.1 Å². The number of hydrogen-bond donors (Lipinski definition) is 1. The van der Waals surface area contributed by atoms with Crippen molar-refractivity contribution in [3.8, 4) is 10.7 Å². The molecule has 2 aromatic heterocycles. The Labute approximate surface area is 189 Å². The molecule has 30 heavy (non-hydrogen) atoms. The molecule has 1 aromatic carbocycles. The summed E-state index contributed by atoms with van der Waals surface area (Å²) < 4.78 is 10.9. The summed E-state index contributed by atoms with van der Waals surface area (Å²) in [5, 5.41) is 10.9. The minimum absolute atomic E-state index is 0.244. The van der Waals surface area contributed by atoms with E-state index in [-0.39, 0.29) is 6.04 Å². The summed E-state index contributed by atoms with van der Waals surface area (Å²) in [6.07, 6.45) is 0.842. The van der Waals surface area contributed by atoms with Gasteiger partial charge in [-0.1, -0.05) is 35.0 Å². The van der Waals surface area contributed by atoms with Crippen molar-refractivity contribution in [2.45, 2.75) is 19.4 Å². The molecule has 1 aliphatic rings. The number of rotatable bonds is 7. The number of halogens is 1. The minimum Gasteiger partial charge on any atom is -0.385 e. The smallest absolute Gasteiger partial charge is 0.258 e. The first kappa shape index (κ1) is 21.0. The zero-order valence-corrected chi connectivity index (χ0v) is 19.0. The number of nitrogens with one attached hydrogen (secondary N) is 1. The quantitative estimate of drug-likeness (QED) is 0.386. The summed E-state index contributed by atoms with van der Waals surface area (Å²) >= 11 is 13.5. The molecular weight excluding hydrogens is 440 g/mol. The van der Waals surface area contributed by atoms with Gasteiger partial charge in [-0.3, -0.25) is 0 Å². The molecule has 1 unspecified atom stereocenters. The summed E-state index contributed by atoms with van der Waals surface area (Å²) in [4.78, 5) is 7.70. The second kappa shape index (κ2) is 9.26. The highest BCUT2D eigenvalue weighted by Gasteiger charge is 2.34. The van der Waals surface area contributed by atoms with Crippen molar-refractivity contribution in [1.82, 2.24) is 20.4 Å². The number of hydrogen-bond acceptors (Lipinski definition) is 6. The standard InChI is InChI=1S/C21H21ClN4O2S2/c1-13-17(20-24-19(25-28-20)16-8-4-11-30-16)18(14-6-3-7-15(22)12-14)23-21(29)26(13)9-5-10-27-2/h3-4,6-8,11-12,18H,5,9-10H2,1-2H3,(H,23,29). The van der Waals surface area contributed by atoms with Gasteiger partial charge in [-0.2, -0.15) is 4.98 Å². The molecule has 156 valence electrons. The average Bonchev–Trinajstić information content (AvgIpc) is 3.42. The third-order valence-electron chi connectivity index (χ3n) is 4.91. The van der Waals surface area contributed by atoms with Gasteiger partial charge in [0.2, 0.25) is 5.82 Å². The van der Waals surface area contributed by atoms with Crippen LogP contribution in [-0.4, -0.2) is 40.4 Å². The SMILES string of the molecule is COCCCN1C(=S)NC(c2cccc(Cl)c2)C(c2nc(-c3cccs3)no2)=C1C. The molecule has 1 atom stereocenters. The zero-order chi connectivity index (χ0) is 21.1. The lowest BCUT2D eigenvalue weighted by molar-refractivity contribution is 0.188. The van der Waals surface area contributed by atoms with E-state index in [0.717, 1.165) is 34.7 Å². The summed E-state index contributed by atoms with van der Waals surface area (Å²) in [5.41, 5.74) is 2.84. The van der Waals surface area contributed by atoms with Crippen molar-refractivity contribution in [3.63, 3.8) is 0 Å². The molecule has 6 nitrogen and oxygen atoms in total. The van der Waals surface area contributed by atoms with E-state index in [1.165, 1.54) is 0 Å². The Morgan fingerprint density at radius 1 is 1.33 bits per heavy atom. The van der Waals surface area contributed by atoms with Crippen LogP contribution in [0.3, 0.4) is 0 Å². The molecule has 1 aliphatic heterocycles. The number of allylic oxidation sites excluding steroid dienone is 1. The summed E-state index contributed by atoms with van der Waals surface area (Å²) in [5.74, 6) is 1.04. The maximum absolute atomic E-state index is 6.26. The van der Waals surface area contributed by atoms with E-state index in [1.54, 1.807) is 18.4 Å². The topological polar surface area (TPSA) is 63.4 Å². The zero-order valence-electron chi connectivity index (χ0n) is 16.6. The average molecular weight is 461 g/mol. The lowest BCUT2D eigenvalue weighted by Crippen LogP contribution is -2.46. The van der Waals surface area contributed by atoms with E-state index >= 15 is 0 Å². The fourth-order valence-electron chi connectivity index (χ4n) is 3.47. The molecule has 0 aliphatic carbocycles. The van der Waals surface area contributed by atoms with Crippen molar-refractivity contribution in [2.24, 2.45) is 0 Å². The van der Waals surface area contributed by atoms with Gasteiger partial charge in [-0.05, 0) is 54.7 Å². The van der Waals surface area contributed by atoms with Gasteiger partial charge in [0.25, 0.3) is 5.89 Å². The van der Waals surface area contributed by atoms with Gasteiger partial charge in [-0.15, -0.1) is 11.3 Å². The van der Waals surface area contributed by atoms with Crippen molar-refractivity contribution in [3.05, 3.63) is 64.0 Å². The molecule has 0 amide bonds. The van der Waals surface area contributed by atoms with Crippen molar-refractivity contribution in [2.75, 3.05) is 20.3 Å². The van der Waals surface area contributed by atoms with Crippen LogP contribution in [-0.2, 0) is 4.74 Å². The van der Waals surface area contributed by atoms with Gasteiger partial charge in [-0.25, -0.2) is 0 Å². The van der Waals surface area contributed by atoms with E-state index < -0.39 is 0 Å². The van der Waals surface area contributed by atoms with E-state index in [1.807, 2.05) is 48.7 Å². The van der Waals surface area contributed by atoms with Crippen LogP contribution in [0, 0.1) is 0 Å². The number of thiophene rings is 1. The third kappa shape index (κ3) is 4.27. The number of aromatic nitrogens is 2. The van der Waals surface area contributed by atoms with Crippen LogP contribution in [0.2, 0.25) is 5.02 Å². The van der Waals surface area contributed by atoms with Crippen molar-refractivity contribution >= 4 is 45.8 Å². The van der Waals surface area contributed by atoms with Crippen LogP contribution >= 0.6 is 35.2 Å². The number of ether oxygens (including phenoxy) is 1. The molecule has 9 heteroatoms. The number of thiocarbonyl (C=S) groups is 1. The molecule has 1 N–H and O–H groups in total. The second-order valence-corrected chi connectivity index (χ2v) is 8.61. The van der Waals surface area contributed by atoms with Crippen LogP contribution in [0.15, 0.2) is 52.0 Å². The van der Waals surface area contributed by atoms with Gasteiger partial charge < -0.3 is 19.5 Å². The number of nitrogens with zero attached hydrogens (tertiary/aromatic N) is 3. The van der Waals surface area contributed by atoms with Crippen molar-refractivity contribution < 1.29 is 9.26 Å². The Bertz CT molecular complexity index is 1060. The Hall–Kier alpha value is -2.26. The Kier molecular flexibility index (Phi) is 6.48. The lowest BCUT2D eigenvalue weighted by Gasteiger charge is -2.37.